The standard InChI is InChI=1S/C13H13N3O3/c1-18-10-6-4-3-5-9(10)15-11-7-8-14-12(16-11)13(17)19-2/h3-8H,1-2H3,(H,14,15,16). The highest BCUT2D eigenvalue weighted by Gasteiger charge is 2.10. The highest BCUT2D eigenvalue weighted by Crippen LogP contribution is 2.25. The Hall–Kier alpha value is -2.63. The second-order valence-electron chi connectivity index (χ2n) is 3.58. The molecule has 0 fully saturated rings. The number of anilines is 2. The lowest BCUT2D eigenvalue weighted by atomic mass is 10.3. The average molecular weight is 259 g/mol. The van der Waals surface area contributed by atoms with E-state index in [1.807, 2.05) is 24.3 Å². The summed E-state index contributed by atoms with van der Waals surface area (Å²) in [5, 5.41) is 3.06. The molecule has 0 aliphatic heterocycles. The van der Waals surface area contributed by atoms with Crippen molar-refractivity contribution in [2.45, 2.75) is 0 Å². The van der Waals surface area contributed by atoms with E-state index in [0.717, 1.165) is 5.69 Å². The topological polar surface area (TPSA) is 73.3 Å². The molecule has 0 aliphatic carbocycles. The first-order valence-electron chi connectivity index (χ1n) is 5.56. The lowest BCUT2D eigenvalue weighted by Crippen LogP contribution is -2.08. The van der Waals surface area contributed by atoms with Crippen molar-refractivity contribution in [2.75, 3.05) is 19.5 Å². The van der Waals surface area contributed by atoms with Crippen LogP contribution in [0.2, 0.25) is 0 Å². The molecule has 0 spiro atoms. The molecule has 0 bridgehead atoms. The molecule has 0 saturated heterocycles. The highest BCUT2D eigenvalue weighted by atomic mass is 16.5. The van der Waals surface area contributed by atoms with E-state index >= 15 is 0 Å². The maximum Gasteiger partial charge on any atom is 0.376 e. The Bertz CT molecular complexity index is 587. The molecule has 1 N–H and O–H groups in total. The molecule has 1 aromatic carbocycles. The summed E-state index contributed by atoms with van der Waals surface area (Å²) < 4.78 is 9.79. The van der Waals surface area contributed by atoms with E-state index in [0.29, 0.717) is 11.6 Å². The van der Waals surface area contributed by atoms with Crippen molar-refractivity contribution >= 4 is 17.5 Å². The van der Waals surface area contributed by atoms with Gasteiger partial charge >= 0.3 is 5.97 Å². The third-order valence-corrected chi connectivity index (χ3v) is 2.39. The van der Waals surface area contributed by atoms with E-state index in [1.54, 1.807) is 13.2 Å². The van der Waals surface area contributed by atoms with Crippen molar-refractivity contribution in [3.8, 4) is 5.75 Å². The lowest BCUT2D eigenvalue weighted by Gasteiger charge is -2.10. The normalized spacial score (nSPS) is 9.79. The molecular weight excluding hydrogens is 246 g/mol. The van der Waals surface area contributed by atoms with E-state index in [1.165, 1.54) is 13.3 Å². The van der Waals surface area contributed by atoms with E-state index < -0.39 is 5.97 Å². The van der Waals surface area contributed by atoms with Crippen LogP contribution >= 0.6 is 0 Å². The number of carbonyl (C=O) groups is 1. The first kappa shape index (κ1) is 12.8. The maximum atomic E-state index is 11.3. The van der Waals surface area contributed by atoms with E-state index in [2.05, 4.69) is 20.0 Å². The van der Waals surface area contributed by atoms with Crippen LogP contribution in [-0.4, -0.2) is 30.2 Å². The molecule has 0 amide bonds. The summed E-state index contributed by atoms with van der Waals surface area (Å²) in [7, 11) is 2.87. The van der Waals surface area contributed by atoms with Crippen LogP contribution in [0, 0.1) is 0 Å². The zero-order chi connectivity index (χ0) is 13.7. The Morgan fingerprint density at radius 3 is 2.74 bits per heavy atom. The van der Waals surface area contributed by atoms with E-state index in [4.69, 9.17) is 4.74 Å². The van der Waals surface area contributed by atoms with Gasteiger partial charge in [0.15, 0.2) is 0 Å². The SMILES string of the molecule is COC(=O)c1nccc(Nc2ccccc2OC)n1. The zero-order valence-electron chi connectivity index (χ0n) is 10.6. The van der Waals surface area contributed by atoms with Crippen LogP contribution in [0.3, 0.4) is 0 Å². The number of methoxy groups -OCH3 is 2. The fraction of sp³-hybridized carbons (Fsp3) is 0.154. The van der Waals surface area contributed by atoms with Crippen LogP contribution in [0.5, 0.6) is 5.75 Å². The Labute approximate surface area is 110 Å². The minimum absolute atomic E-state index is 0.00222. The minimum Gasteiger partial charge on any atom is -0.495 e. The van der Waals surface area contributed by atoms with Gasteiger partial charge in [-0.2, -0.15) is 0 Å². The summed E-state index contributed by atoms with van der Waals surface area (Å²) in [6.45, 7) is 0. The van der Waals surface area contributed by atoms with Crippen molar-refractivity contribution < 1.29 is 14.3 Å². The Balaban J connectivity index is 2.26. The Morgan fingerprint density at radius 1 is 1.21 bits per heavy atom. The summed E-state index contributed by atoms with van der Waals surface area (Å²) in [6, 6.07) is 9.06. The van der Waals surface area contributed by atoms with Crippen LogP contribution in [0.4, 0.5) is 11.5 Å². The van der Waals surface area contributed by atoms with Gasteiger partial charge in [-0.3, -0.25) is 0 Å². The number of rotatable bonds is 4. The molecule has 0 unspecified atom stereocenters. The maximum absolute atomic E-state index is 11.3. The quantitative estimate of drug-likeness (QED) is 0.847. The third-order valence-electron chi connectivity index (χ3n) is 2.39. The number of ether oxygens (including phenoxy) is 2. The molecule has 0 aliphatic rings. The van der Waals surface area contributed by atoms with Gasteiger partial charge in [-0.25, -0.2) is 14.8 Å². The third kappa shape index (κ3) is 2.98. The van der Waals surface area contributed by atoms with E-state index in [9.17, 15) is 4.79 Å². The largest absolute Gasteiger partial charge is 0.495 e. The molecule has 1 aromatic heterocycles. The second-order valence-corrected chi connectivity index (χ2v) is 3.58. The van der Waals surface area contributed by atoms with Crippen molar-refractivity contribution in [1.29, 1.82) is 0 Å². The number of nitrogens with one attached hydrogen (secondary N) is 1. The predicted octanol–water partition coefficient (Wildman–Crippen LogP) is 2.02. The smallest absolute Gasteiger partial charge is 0.376 e. The fourth-order valence-corrected chi connectivity index (χ4v) is 1.50. The number of esters is 1. The number of hydrogen-bond acceptors (Lipinski definition) is 6. The molecule has 19 heavy (non-hydrogen) atoms. The fourth-order valence-electron chi connectivity index (χ4n) is 1.50. The second kappa shape index (κ2) is 5.81. The number of aromatic nitrogens is 2. The van der Waals surface area contributed by atoms with Gasteiger partial charge in [0.1, 0.15) is 11.6 Å². The molecule has 2 rings (SSSR count). The van der Waals surface area contributed by atoms with Crippen molar-refractivity contribution in [2.24, 2.45) is 0 Å². The molecule has 6 heteroatoms. The van der Waals surface area contributed by atoms with Crippen LogP contribution in [0.1, 0.15) is 10.6 Å². The molecule has 0 radical (unpaired) electrons. The van der Waals surface area contributed by atoms with Gasteiger partial charge in [-0.1, -0.05) is 12.1 Å². The number of benzene rings is 1. The monoisotopic (exact) mass is 259 g/mol. The summed E-state index contributed by atoms with van der Waals surface area (Å²) >= 11 is 0. The molecular formula is C13H13N3O3. The summed E-state index contributed by atoms with van der Waals surface area (Å²) in [4.78, 5) is 19.2. The first-order chi connectivity index (χ1) is 9.24. The Morgan fingerprint density at radius 2 is 2.00 bits per heavy atom. The van der Waals surface area contributed by atoms with Crippen LogP contribution < -0.4 is 10.1 Å². The number of nitrogens with zero attached hydrogens (tertiary/aromatic N) is 2. The van der Waals surface area contributed by atoms with Gasteiger partial charge in [-0.15, -0.1) is 0 Å². The first-order valence-corrected chi connectivity index (χ1v) is 5.56. The molecule has 6 nitrogen and oxygen atoms in total. The van der Waals surface area contributed by atoms with Crippen molar-refractivity contribution in [3.63, 3.8) is 0 Å². The van der Waals surface area contributed by atoms with Gasteiger partial charge in [-0.05, 0) is 18.2 Å². The van der Waals surface area contributed by atoms with Gasteiger partial charge in [0.2, 0.25) is 5.82 Å². The molecule has 1 heterocycles. The van der Waals surface area contributed by atoms with Crippen LogP contribution in [-0.2, 0) is 4.74 Å². The highest BCUT2D eigenvalue weighted by molar-refractivity contribution is 5.85. The van der Waals surface area contributed by atoms with Gasteiger partial charge in [0.05, 0.1) is 19.9 Å². The predicted molar refractivity (Wildman–Crippen MR) is 69.6 cm³/mol. The molecule has 98 valence electrons. The van der Waals surface area contributed by atoms with Crippen molar-refractivity contribution in [1.82, 2.24) is 9.97 Å². The molecule has 0 atom stereocenters. The van der Waals surface area contributed by atoms with Crippen LogP contribution in [0.15, 0.2) is 36.5 Å². The van der Waals surface area contributed by atoms with Gasteiger partial charge in [0.25, 0.3) is 0 Å². The summed E-state index contributed by atoms with van der Waals surface area (Å²) in [5.41, 5.74) is 0.750. The lowest BCUT2D eigenvalue weighted by molar-refractivity contribution is 0.0587. The number of hydrogen-bond donors (Lipinski definition) is 1. The average Bonchev–Trinajstić information content (AvgIpc) is 2.47. The zero-order valence-corrected chi connectivity index (χ0v) is 10.6. The van der Waals surface area contributed by atoms with E-state index in [-0.39, 0.29) is 5.82 Å². The molecule has 2 aromatic rings. The number of carbonyl (C=O) groups excluding carboxylic acids is 1. The minimum atomic E-state index is -0.580. The molecule has 0 saturated carbocycles. The van der Waals surface area contributed by atoms with Gasteiger partial charge in [0, 0.05) is 6.20 Å². The summed E-state index contributed by atoms with van der Waals surface area (Å²) in [6.07, 6.45) is 1.48. The van der Waals surface area contributed by atoms with Gasteiger partial charge < -0.3 is 14.8 Å². The Kier molecular flexibility index (Phi) is 3.92. The van der Waals surface area contributed by atoms with Crippen LogP contribution in [0.25, 0.3) is 0 Å². The summed E-state index contributed by atoms with van der Waals surface area (Å²) in [5.74, 6) is 0.590. The number of para-hydroxylation sites is 2. The van der Waals surface area contributed by atoms with Crippen molar-refractivity contribution in [3.05, 3.63) is 42.4 Å².